The van der Waals surface area contributed by atoms with E-state index < -0.39 is 11.8 Å². The number of nitrogens with one attached hydrogen (secondary N) is 1. The molecule has 0 radical (unpaired) electrons. The number of methoxy groups -OCH3 is 3. The fourth-order valence-corrected chi connectivity index (χ4v) is 3.63. The Balaban J connectivity index is 1.81. The molecule has 0 unspecified atom stereocenters. The molecule has 2 heterocycles. The topological polar surface area (TPSA) is 90.0 Å². The number of imide groups is 1. The van der Waals surface area contributed by atoms with Crippen molar-refractivity contribution in [3.8, 4) is 17.2 Å². The number of para-hydroxylation sites is 2. The second-order valence-corrected chi connectivity index (χ2v) is 7.16. The van der Waals surface area contributed by atoms with Gasteiger partial charge >= 0.3 is 0 Å². The number of carbonyl (C=O) groups excluding carboxylic acids is 2. The molecule has 33 heavy (non-hydrogen) atoms. The number of nitrogens with zero attached hydrogens (tertiary/aromatic N) is 2. The Kier molecular flexibility index (Phi) is 6.26. The fraction of sp³-hybridized carbons (Fsp3) is 0.160. The number of hydrogen-bond acceptors (Lipinski definition) is 7. The third kappa shape index (κ3) is 4.23. The number of hydrogen-bond donors (Lipinski definition) is 1. The van der Waals surface area contributed by atoms with Crippen molar-refractivity contribution in [3.63, 3.8) is 0 Å². The summed E-state index contributed by atoms with van der Waals surface area (Å²) in [6.45, 7) is 0.0480. The van der Waals surface area contributed by atoms with Crippen LogP contribution in [0, 0.1) is 0 Å². The van der Waals surface area contributed by atoms with Gasteiger partial charge in [-0.2, -0.15) is 0 Å². The van der Waals surface area contributed by atoms with E-state index in [4.69, 9.17) is 14.2 Å². The molecule has 2 amide bonds. The van der Waals surface area contributed by atoms with Crippen molar-refractivity contribution in [2.45, 2.75) is 6.54 Å². The van der Waals surface area contributed by atoms with Crippen LogP contribution in [0.4, 0.5) is 5.69 Å². The summed E-state index contributed by atoms with van der Waals surface area (Å²) < 4.78 is 16.1. The molecule has 1 N–H and O–H groups in total. The van der Waals surface area contributed by atoms with Gasteiger partial charge in [0.05, 0.1) is 44.8 Å². The zero-order valence-corrected chi connectivity index (χ0v) is 18.5. The molecule has 8 heteroatoms. The minimum atomic E-state index is -0.457. The summed E-state index contributed by atoms with van der Waals surface area (Å²) >= 11 is 0. The van der Waals surface area contributed by atoms with E-state index in [0.717, 1.165) is 0 Å². The third-order valence-corrected chi connectivity index (χ3v) is 5.25. The Bertz CT molecular complexity index is 1220. The van der Waals surface area contributed by atoms with Gasteiger partial charge in [-0.05, 0) is 42.0 Å². The van der Waals surface area contributed by atoms with Gasteiger partial charge in [-0.1, -0.05) is 24.3 Å². The molecule has 0 atom stereocenters. The van der Waals surface area contributed by atoms with E-state index in [9.17, 15) is 9.59 Å². The van der Waals surface area contributed by atoms with Gasteiger partial charge in [0, 0.05) is 6.20 Å². The highest BCUT2D eigenvalue weighted by atomic mass is 16.5. The Morgan fingerprint density at radius 3 is 2.24 bits per heavy atom. The molecule has 0 saturated carbocycles. The lowest BCUT2D eigenvalue weighted by Crippen LogP contribution is -2.32. The first-order chi connectivity index (χ1) is 16.1. The smallest absolute Gasteiger partial charge is 0.278 e. The zero-order valence-electron chi connectivity index (χ0n) is 18.5. The summed E-state index contributed by atoms with van der Waals surface area (Å²) in [5.74, 6) is 0.613. The Labute approximate surface area is 191 Å². The summed E-state index contributed by atoms with van der Waals surface area (Å²) in [5, 5.41) is 3.12. The van der Waals surface area contributed by atoms with Crippen molar-refractivity contribution in [3.05, 3.63) is 83.8 Å². The van der Waals surface area contributed by atoms with E-state index >= 15 is 0 Å². The van der Waals surface area contributed by atoms with E-state index in [0.29, 0.717) is 34.2 Å². The standard InChI is InChI=1S/C25H23N3O5/c1-31-19-10-5-4-9-18(19)27-23-22(16-11-12-20(32-2)21(14-16)33-3)24(29)28(25(23)30)15-17-8-6-7-13-26-17/h4-14,27H,15H2,1-3H3. The largest absolute Gasteiger partial charge is 0.495 e. The Morgan fingerprint density at radius 1 is 0.818 bits per heavy atom. The highest BCUT2D eigenvalue weighted by Gasteiger charge is 2.40. The van der Waals surface area contributed by atoms with Gasteiger partial charge in [-0.25, -0.2) is 0 Å². The molecule has 8 nitrogen and oxygen atoms in total. The maximum Gasteiger partial charge on any atom is 0.278 e. The van der Waals surface area contributed by atoms with Crippen LogP contribution in [0.15, 0.2) is 72.6 Å². The van der Waals surface area contributed by atoms with Gasteiger partial charge in [-0.15, -0.1) is 0 Å². The Hall–Kier alpha value is -4.33. The highest BCUT2D eigenvalue weighted by Crippen LogP contribution is 2.37. The second-order valence-electron chi connectivity index (χ2n) is 7.16. The zero-order chi connectivity index (χ0) is 23.4. The Morgan fingerprint density at radius 2 is 1.55 bits per heavy atom. The number of amides is 2. The number of benzene rings is 2. The molecular weight excluding hydrogens is 422 g/mol. The molecular formula is C25H23N3O5. The average molecular weight is 445 g/mol. The van der Waals surface area contributed by atoms with Gasteiger partial charge in [-0.3, -0.25) is 19.5 Å². The summed E-state index contributed by atoms with van der Waals surface area (Å²) in [4.78, 5) is 32.4. The van der Waals surface area contributed by atoms with Crippen molar-refractivity contribution < 1.29 is 23.8 Å². The van der Waals surface area contributed by atoms with Crippen molar-refractivity contribution in [2.75, 3.05) is 26.6 Å². The highest BCUT2D eigenvalue weighted by molar-refractivity contribution is 6.36. The van der Waals surface area contributed by atoms with Gasteiger partial charge in [0.15, 0.2) is 11.5 Å². The predicted octanol–water partition coefficient (Wildman–Crippen LogP) is 3.50. The van der Waals surface area contributed by atoms with E-state index in [1.54, 1.807) is 55.8 Å². The van der Waals surface area contributed by atoms with E-state index in [1.165, 1.54) is 19.1 Å². The second kappa shape index (κ2) is 9.44. The molecule has 4 rings (SSSR count). The number of aromatic nitrogens is 1. The minimum absolute atomic E-state index is 0.0480. The van der Waals surface area contributed by atoms with Crippen LogP contribution < -0.4 is 19.5 Å². The summed E-state index contributed by atoms with van der Waals surface area (Å²) in [5.41, 5.74) is 2.06. The average Bonchev–Trinajstić information content (AvgIpc) is 3.08. The van der Waals surface area contributed by atoms with Crippen LogP contribution in [0.5, 0.6) is 17.2 Å². The van der Waals surface area contributed by atoms with Crippen molar-refractivity contribution >= 4 is 23.1 Å². The number of rotatable bonds is 8. The molecule has 1 aliphatic rings. The van der Waals surface area contributed by atoms with E-state index in [1.807, 2.05) is 18.2 Å². The van der Waals surface area contributed by atoms with Crippen LogP contribution in [-0.4, -0.2) is 43.0 Å². The maximum absolute atomic E-state index is 13.5. The van der Waals surface area contributed by atoms with Crippen LogP contribution >= 0.6 is 0 Å². The lowest BCUT2D eigenvalue weighted by Gasteiger charge is -2.15. The molecule has 1 aromatic heterocycles. The molecule has 0 bridgehead atoms. The van der Waals surface area contributed by atoms with Crippen molar-refractivity contribution in [1.82, 2.24) is 9.88 Å². The molecule has 1 aliphatic heterocycles. The normalized spacial score (nSPS) is 13.4. The number of ether oxygens (including phenoxy) is 3. The number of pyridine rings is 1. The quantitative estimate of drug-likeness (QED) is 0.531. The third-order valence-electron chi connectivity index (χ3n) is 5.25. The molecule has 168 valence electrons. The van der Waals surface area contributed by atoms with Crippen LogP contribution in [0.25, 0.3) is 5.57 Å². The first-order valence-electron chi connectivity index (χ1n) is 10.2. The molecule has 2 aromatic carbocycles. The molecule has 3 aromatic rings. The lowest BCUT2D eigenvalue weighted by molar-refractivity contribution is -0.137. The monoisotopic (exact) mass is 445 g/mol. The van der Waals surface area contributed by atoms with E-state index in [2.05, 4.69) is 10.3 Å². The molecule has 0 fully saturated rings. The van der Waals surface area contributed by atoms with Crippen molar-refractivity contribution in [1.29, 1.82) is 0 Å². The van der Waals surface area contributed by atoms with Crippen LogP contribution in [0.1, 0.15) is 11.3 Å². The first kappa shape index (κ1) is 21.9. The van der Waals surface area contributed by atoms with Gasteiger partial charge in [0.25, 0.3) is 11.8 Å². The molecule has 0 saturated heterocycles. The van der Waals surface area contributed by atoms with Crippen LogP contribution in [-0.2, 0) is 16.1 Å². The molecule has 0 aliphatic carbocycles. The number of carbonyl (C=O) groups is 2. The van der Waals surface area contributed by atoms with Crippen molar-refractivity contribution in [2.24, 2.45) is 0 Å². The predicted molar refractivity (Wildman–Crippen MR) is 123 cm³/mol. The molecule has 0 spiro atoms. The van der Waals surface area contributed by atoms with Crippen LogP contribution in [0.2, 0.25) is 0 Å². The fourth-order valence-electron chi connectivity index (χ4n) is 3.63. The van der Waals surface area contributed by atoms with Gasteiger partial charge in [0.2, 0.25) is 0 Å². The lowest BCUT2D eigenvalue weighted by atomic mass is 10.0. The summed E-state index contributed by atoms with van der Waals surface area (Å²) in [7, 11) is 4.59. The van der Waals surface area contributed by atoms with Gasteiger partial charge in [0.1, 0.15) is 11.4 Å². The van der Waals surface area contributed by atoms with Crippen LogP contribution in [0.3, 0.4) is 0 Å². The minimum Gasteiger partial charge on any atom is -0.495 e. The first-order valence-corrected chi connectivity index (χ1v) is 10.2. The SMILES string of the molecule is COc1ccccc1NC1=C(c2ccc(OC)c(OC)c2)C(=O)N(Cc2ccccn2)C1=O. The van der Waals surface area contributed by atoms with Gasteiger partial charge < -0.3 is 19.5 Å². The summed E-state index contributed by atoms with van der Waals surface area (Å²) in [6, 6.07) is 17.6. The number of anilines is 1. The summed E-state index contributed by atoms with van der Waals surface area (Å²) in [6.07, 6.45) is 1.62. The maximum atomic E-state index is 13.5. The van der Waals surface area contributed by atoms with E-state index in [-0.39, 0.29) is 17.8 Å².